The summed E-state index contributed by atoms with van der Waals surface area (Å²) in [5.74, 6) is 0.525. The van der Waals surface area contributed by atoms with Crippen molar-refractivity contribution in [1.29, 1.82) is 0 Å². The van der Waals surface area contributed by atoms with Gasteiger partial charge in [-0.25, -0.2) is 0 Å². The predicted octanol–water partition coefficient (Wildman–Crippen LogP) is 0.933. The zero-order valence-electron chi connectivity index (χ0n) is 8.34. The van der Waals surface area contributed by atoms with Crippen molar-refractivity contribution in [2.24, 2.45) is 0 Å². The van der Waals surface area contributed by atoms with Gasteiger partial charge in [0.25, 0.3) is 5.56 Å². The Kier molecular flexibility index (Phi) is 1.89. The highest BCUT2D eigenvalue weighted by atomic mass is 16.1. The van der Waals surface area contributed by atoms with Gasteiger partial charge in [-0.15, -0.1) is 0 Å². The number of rotatable bonds is 1. The molecule has 15 heavy (non-hydrogen) atoms. The number of nitrogens with one attached hydrogen (secondary N) is 3. The third kappa shape index (κ3) is 1.37. The van der Waals surface area contributed by atoms with E-state index in [4.69, 9.17) is 0 Å². The van der Waals surface area contributed by atoms with Crippen molar-refractivity contribution in [3.05, 3.63) is 34.4 Å². The van der Waals surface area contributed by atoms with E-state index in [-0.39, 0.29) is 5.56 Å². The zero-order valence-corrected chi connectivity index (χ0v) is 8.34. The van der Waals surface area contributed by atoms with Crippen LogP contribution in [0.25, 0.3) is 10.9 Å². The first-order valence-corrected chi connectivity index (χ1v) is 5.25. The molecule has 0 saturated carbocycles. The van der Waals surface area contributed by atoms with Crippen molar-refractivity contribution in [1.82, 2.24) is 15.3 Å². The lowest BCUT2D eigenvalue weighted by Gasteiger charge is -2.03. The lowest BCUT2D eigenvalue weighted by molar-refractivity contribution is 0.743. The Morgan fingerprint density at radius 3 is 3.07 bits per heavy atom. The van der Waals surface area contributed by atoms with E-state index in [1.807, 2.05) is 12.1 Å². The number of hydrogen-bond acceptors (Lipinski definition) is 2. The molecular formula is C11H13N3O. The lowest BCUT2D eigenvalue weighted by Crippen LogP contribution is -2.08. The van der Waals surface area contributed by atoms with E-state index in [2.05, 4.69) is 15.3 Å². The predicted molar refractivity (Wildman–Crippen MR) is 59.1 cm³/mol. The quantitative estimate of drug-likeness (QED) is 0.645. The minimum absolute atomic E-state index is 0.0130. The summed E-state index contributed by atoms with van der Waals surface area (Å²) >= 11 is 0. The SMILES string of the molecule is O=c1[nH]ccc2[nH]c(C3CCNC3)cc12. The van der Waals surface area contributed by atoms with Crippen LogP contribution in [0.3, 0.4) is 0 Å². The molecule has 0 spiro atoms. The number of aromatic amines is 2. The van der Waals surface area contributed by atoms with E-state index in [1.54, 1.807) is 6.20 Å². The molecule has 0 amide bonds. The second-order valence-corrected chi connectivity index (χ2v) is 4.05. The Labute approximate surface area is 86.7 Å². The van der Waals surface area contributed by atoms with Crippen molar-refractivity contribution in [3.8, 4) is 0 Å². The second kappa shape index (κ2) is 3.24. The summed E-state index contributed by atoms with van der Waals surface area (Å²) in [6, 6.07) is 3.88. The van der Waals surface area contributed by atoms with E-state index < -0.39 is 0 Å². The summed E-state index contributed by atoms with van der Waals surface area (Å²) in [5, 5.41) is 4.09. The van der Waals surface area contributed by atoms with Gasteiger partial charge in [-0.1, -0.05) is 0 Å². The maximum atomic E-state index is 11.5. The third-order valence-electron chi connectivity index (χ3n) is 3.08. The fourth-order valence-electron chi connectivity index (χ4n) is 2.23. The van der Waals surface area contributed by atoms with E-state index in [1.165, 1.54) is 5.69 Å². The van der Waals surface area contributed by atoms with Crippen LogP contribution >= 0.6 is 0 Å². The van der Waals surface area contributed by atoms with Crippen LogP contribution in [0.4, 0.5) is 0 Å². The third-order valence-corrected chi connectivity index (χ3v) is 3.08. The Bertz CT molecular complexity index is 534. The first-order chi connectivity index (χ1) is 7.34. The molecule has 1 saturated heterocycles. The van der Waals surface area contributed by atoms with Crippen LogP contribution in [0.5, 0.6) is 0 Å². The summed E-state index contributed by atoms with van der Waals surface area (Å²) in [5.41, 5.74) is 2.09. The molecular weight excluding hydrogens is 190 g/mol. The van der Waals surface area contributed by atoms with Gasteiger partial charge < -0.3 is 15.3 Å². The highest BCUT2D eigenvalue weighted by Crippen LogP contribution is 2.23. The first kappa shape index (κ1) is 8.73. The molecule has 0 aromatic carbocycles. The second-order valence-electron chi connectivity index (χ2n) is 4.05. The van der Waals surface area contributed by atoms with Gasteiger partial charge in [0.1, 0.15) is 0 Å². The highest BCUT2D eigenvalue weighted by Gasteiger charge is 2.18. The van der Waals surface area contributed by atoms with Crippen LogP contribution in [-0.4, -0.2) is 23.1 Å². The largest absolute Gasteiger partial charge is 0.358 e. The maximum absolute atomic E-state index is 11.5. The van der Waals surface area contributed by atoms with E-state index in [9.17, 15) is 4.79 Å². The van der Waals surface area contributed by atoms with Gasteiger partial charge >= 0.3 is 0 Å². The summed E-state index contributed by atoms with van der Waals surface area (Å²) < 4.78 is 0. The molecule has 4 heteroatoms. The number of pyridine rings is 1. The first-order valence-electron chi connectivity index (χ1n) is 5.25. The smallest absolute Gasteiger partial charge is 0.257 e. The molecule has 1 aliphatic rings. The van der Waals surface area contributed by atoms with Crippen LogP contribution in [-0.2, 0) is 0 Å². The molecule has 0 aliphatic carbocycles. The Morgan fingerprint density at radius 2 is 2.33 bits per heavy atom. The lowest BCUT2D eigenvalue weighted by atomic mass is 10.1. The topological polar surface area (TPSA) is 60.7 Å². The van der Waals surface area contributed by atoms with E-state index in [0.717, 1.165) is 30.4 Å². The molecule has 1 unspecified atom stereocenters. The van der Waals surface area contributed by atoms with Gasteiger partial charge in [-0.3, -0.25) is 4.79 Å². The molecule has 3 rings (SSSR count). The van der Waals surface area contributed by atoms with Crippen LogP contribution in [0.15, 0.2) is 23.1 Å². The van der Waals surface area contributed by atoms with E-state index in [0.29, 0.717) is 5.92 Å². The summed E-state index contributed by atoms with van der Waals surface area (Å²) in [7, 11) is 0. The normalized spacial score (nSPS) is 21.2. The minimum atomic E-state index is -0.0130. The van der Waals surface area contributed by atoms with Gasteiger partial charge in [-0.2, -0.15) is 0 Å². The number of hydrogen-bond donors (Lipinski definition) is 3. The average Bonchev–Trinajstić information content (AvgIpc) is 2.86. The van der Waals surface area contributed by atoms with Crippen LogP contribution in [0.1, 0.15) is 18.0 Å². The van der Waals surface area contributed by atoms with Crippen molar-refractivity contribution in [2.45, 2.75) is 12.3 Å². The van der Waals surface area contributed by atoms with Crippen molar-refractivity contribution in [3.63, 3.8) is 0 Å². The molecule has 1 atom stereocenters. The molecule has 0 bridgehead atoms. The zero-order chi connectivity index (χ0) is 10.3. The van der Waals surface area contributed by atoms with Crippen LogP contribution < -0.4 is 10.9 Å². The fraction of sp³-hybridized carbons (Fsp3) is 0.364. The monoisotopic (exact) mass is 203 g/mol. The molecule has 3 heterocycles. The van der Waals surface area contributed by atoms with Gasteiger partial charge in [0, 0.05) is 24.4 Å². The molecule has 3 N–H and O–H groups in total. The fourth-order valence-corrected chi connectivity index (χ4v) is 2.23. The van der Waals surface area contributed by atoms with Crippen molar-refractivity contribution in [2.75, 3.05) is 13.1 Å². The van der Waals surface area contributed by atoms with Gasteiger partial charge in [0.05, 0.1) is 10.9 Å². The molecule has 0 radical (unpaired) electrons. The molecule has 2 aromatic heterocycles. The Morgan fingerprint density at radius 1 is 1.40 bits per heavy atom. The molecule has 78 valence electrons. The minimum Gasteiger partial charge on any atom is -0.358 e. The highest BCUT2D eigenvalue weighted by molar-refractivity contribution is 5.79. The molecule has 4 nitrogen and oxygen atoms in total. The van der Waals surface area contributed by atoms with Crippen molar-refractivity contribution >= 4 is 10.9 Å². The Balaban J connectivity index is 2.13. The van der Waals surface area contributed by atoms with Crippen LogP contribution in [0.2, 0.25) is 0 Å². The summed E-state index contributed by atoms with van der Waals surface area (Å²) in [6.07, 6.45) is 2.82. The molecule has 1 fully saturated rings. The van der Waals surface area contributed by atoms with Crippen LogP contribution in [0, 0.1) is 0 Å². The van der Waals surface area contributed by atoms with Gasteiger partial charge in [-0.05, 0) is 25.1 Å². The number of aromatic nitrogens is 2. The van der Waals surface area contributed by atoms with Crippen molar-refractivity contribution < 1.29 is 0 Å². The standard InChI is InChI=1S/C11H13N3O/c15-11-8-5-10(7-1-3-12-6-7)14-9(8)2-4-13-11/h2,4-5,7,12,14H,1,3,6H2,(H,13,15). The summed E-state index contributed by atoms with van der Waals surface area (Å²) in [6.45, 7) is 2.07. The maximum Gasteiger partial charge on any atom is 0.257 e. The van der Waals surface area contributed by atoms with E-state index >= 15 is 0 Å². The number of H-pyrrole nitrogens is 2. The van der Waals surface area contributed by atoms with Gasteiger partial charge in [0.2, 0.25) is 0 Å². The summed E-state index contributed by atoms with van der Waals surface area (Å²) in [4.78, 5) is 17.5. The number of fused-ring (bicyclic) bond motifs is 1. The molecule has 1 aliphatic heterocycles. The Hall–Kier alpha value is -1.55. The molecule has 2 aromatic rings. The van der Waals surface area contributed by atoms with Gasteiger partial charge in [0.15, 0.2) is 0 Å². The average molecular weight is 203 g/mol.